The van der Waals surface area contributed by atoms with E-state index in [0.29, 0.717) is 28.5 Å². The Balaban J connectivity index is 1.67. The molecule has 1 amide bonds. The van der Waals surface area contributed by atoms with Crippen LogP contribution in [0.25, 0.3) is 0 Å². The Hall–Kier alpha value is -2.94. The average molecular weight is 602 g/mol. The molecular formula is C30H30Cl2N2O5S. The Kier molecular flexibility index (Phi) is 7.72. The largest absolute Gasteiger partial charge is 0.481 e. The minimum Gasteiger partial charge on any atom is -0.481 e. The lowest BCUT2D eigenvalue weighted by Crippen LogP contribution is -2.57. The summed E-state index contributed by atoms with van der Waals surface area (Å²) in [4.78, 5) is 29.4. The van der Waals surface area contributed by atoms with E-state index < -0.39 is 37.9 Å². The quantitative estimate of drug-likeness (QED) is 0.311. The number of amides is 1. The second-order valence-electron chi connectivity index (χ2n) is 11.1. The Bertz CT molecular complexity index is 1530. The zero-order valence-corrected chi connectivity index (χ0v) is 24.2. The Labute approximate surface area is 243 Å². The maximum absolute atomic E-state index is 14.7. The number of rotatable bonds is 9. The van der Waals surface area contributed by atoms with Gasteiger partial charge in [-0.05, 0) is 79.1 Å². The minimum atomic E-state index is -4.00. The van der Waals surface area contributed by atoms with Gasteiger partial charge in [-0.3, -0.25) is 14.6 Å². The van der Waals surface area contributed by atoms with E-state index in [1.165, 1.54) is 24.5 Å². The molecule has 2 heterocycles. The second-order valence-corrected chi connectivity index (χ2v) is 14.2. The molecular weight excluding hydrogens is 571 g/mol. The minimum absolute atomic E-state index is 0.0933. The lowest BCUT2D eigenvalue weighted by molar-refractivity contribution is -0.147. The number of sulfone groups is 1. The van der Waals surface area contributed by atoms with Gasteiger partial charge < -0.3 is 10.4 Å². The second kappa shape index (κ2) is 10.8. The number of hydrogen-bond acceptors (Lipinski definition) is 5. The van der Waals surface area contributed by atoms with Crippen LogP contribution in [0.1, 0.15) is 56.1 Å². The van der Waals surface area contributed by atoms with Crippen LogP contribution in [0.4, 0.5) is 0 Å². The van der Waals surface area contributed by atoms with Crippen LogP contribution < -0.4 is 5.32 Å². The number of carboxylic acid groups (broad SMARTS) is 1. The first-order valence-corrected chi connectivity index (χ1v) is 15.4. The molecule has 4 atom stereocenters. The number of nitrogens with one attached hydrogen (secondary N) is 1. The van der Waals surface area contributed by atoms with Gasteiger partial charge in [0.15, 0.2) is 9.84 Å². The maximum atomic E-state index is 14.7. The monoisotopic (exact) mass is 600 g/mol. The molecule has 0 radical (unpaired) electrons. The number of nitrogens with zero attached hydrogens (tertiary/aromatic N) is 1. The molecule has 2 N–H and O–H groups in total. The highest BCUT2D eigenvalue weighted by molar-refractivity contribution is 7.92. The highest BCUT2D eigenvalue weighted by Gasteiger charge is 2.59. The van der Waals surface area contributed by atoms with Crippen molar-refractivity contribution in [1.29, 1.82) is 0 Å². The van der Waals surface area contributed by atoms with Crippen molar-refractivity contribution < 1.29 is 23.1 Å². The van der Waals surface area contributed by atoms with Gasteiger partial charge in [-0.25, -0.2) is 8.42 Å². The van der Waals surface area contributed by atoms with Crippen molar-refractivity contribution >= 4 is 44.9 Å². The summed E-state index contributed by atoms with van der Waals surface area (Å²) in [5.74, 6) is -2.04. The summed E-state index contributed by atoms with van der Waals surface area (Å²) in [6.07, 6.45) is 4.33. The van der Waals surface area contributed by atoms with E-state index in [2.05, 4.69) is 10.3 Å². The van der Waals surface area contributed by atoms with Gasteiger partial charge in [0.25, 0.3) is 0 Å². The Morgan fingerprint density at radius 1 is 1.07 bits per heavy atom. The number of aromatic nitrogens is 1. The van der Waals surface area contributed by atoms with Crippen molar-refractivity contribution in [2.45, 2.75) is 60.6 Å². The third-order valence-electron chi connectivity index (χ3n) is 8.37. The Morgan fingerprint density at radius 2 is 1.75 bits per heavy atom. The SMILES string of the molecule is C[C@@]1(CC(=O)O)C[C@H](c2cccc(Cl)c2)[C@H](C[C@@](c2ccc(Cl)cc2)(C2CC2)S(=O)(=O)c2ccncc2)NC1=O. The molecule has 1 aliphatic heterocycles. The first-order chi connectivity index (χ1) is 19.0. The molecule has 5 rings (SSSR count). The molecule has 2 fully saturated rings. The number of carbonyl (C=O) groups is 2. The van der Waals surface area contributed by atoms with E-state index in [4.69, 9.17) is 23.2 Å². The summed E-state index contributed by atoms with van der Waals surface area (Å²) < 4.78 is 28.0. The van der Waals surface area contributed by atoms with Crippen molar-refractivity contribution in [2.75, 3.05) is 0 Å². The zero-order chi connectivity index (χ0) is 28.7. The van der Waals surface area contributed by atoms with Crippen LogP contribution in [0.5, 0.6) is 0 Å². The van der Waals surface area contributed by atoms with Gasteiger partial charge in [0, 0.05) is 34.4 Å². The molecule has 1 aromatic heterocycles. The van der Waals surface area contributed by atoms with Gasteiger partial charge in [0.1, 0.15) is 4.75 Å². The molecule has 1 saturated carbocycles. The predicted molar refractivity (Wildman–Crippen MR) is 153 cm³/mol. The number of benzene rings is 2. The normalized spacial score (nSPS) is 24.6. The molecule has 0 spiro atoms. The van der Waals surface area contributed by atoms with E-state index in [1.54, 1.807) is 49.4 Å². The molecule has 10 heteroatoms. The summed E-state index contributed by atoms with van der Waals surface area (Å²) in [6, 6.07) is 16.5. The van der Waals surface area contributed by atoms with Crippen LogP contribution in [0.15, 0.2) is 78.0 Å². The van der Waals surface area contributed by atoms with Gasteiger partial charge in [-0.15, -0.1) is 0 Å². The van der Waals surface area contributed by atoms with Crippen LogP contribution in [0.2, 0.25) is 10.0 Å². The van der Waals surface area contributed by atoms with E-state index in [1.807, 2.05) is 6.07 Å². The van der Waals surface area contributed by atoms with Crippen LogP contribution >= 0.6 is 23.2 Å². The van der Waals surface area contributed by atoms with E-state index in [9.17, 15) is 23.1 Å². The molecule has 40 heavy (non-hydrogen) atoms. The van der Waals surface area contributed by atoms with Crippen molar-refractivity contribution in [2.24, 2.45) is 11.3 Å². The van der Waals surface area contributed by atoms with E-state index in [-0.39, 0.29) is 36.0 Å². The number of carboxylic acids is 1. The molecule has 0 unspecified atom stereocenters. The fraction of sp³-hybridized carbons (Fsp3) is 0.367. The predicted octanol–water partition coefficient (Wildman–Crippen LogP) is 6.01. The summed E-state index contributed by atoms with van der Waals surface area (Å²) in [5, 5.41) is 13.7. The average Bonchev–Trinajstić information content (AvgIpc) is 3.76. The third-order valence-corrected chi connectivity index (χ3v) is 11.4. The van der Waals surface area contributed by atoms with E-state index in [0.717, 1.165) is 5.56 Å². The molecule has 1 aliphatic carbocycles. The van der Waals surface area contributed by atoms with E-state index >= 15 is 0 Å². The van der Waals surface area contributed by atoms with Crippen molar-refractivity contribution in [3.63, 3.8) is 0 Å². The van der Waals surface area contributed by atoms with Gasteiger partial charge in [0.2, 0.25) is 5.91 Å². The summed E-state index contributed by atoms with van der Waals surface area (Å²) in [7, 11) is -4.00. The molecule has 210 valence electrons. The molecule has 0 bridgehead atoms. The van der Waals surface area contributed by atoms with Crippen molar-refractivity contribution in [3.05, 3.63) is 94.2 Å². The van der Waals surface area contributed by atoms with Crippen LogP contribution in [-0.2, 0) is 24.2 Å². The molecule has 3 aromatic rings. The number of pyridine rings is 1. The smallest absolute Gasteiger partial charge is 0.304 e. The first-order valence-electron chi connectivity index (χ1n) is 13.2. The van der Waals surface area contributed by atoms with Crippen LogP contribution in [-0.4, -0.2) is 36.4 Å². The van der Waals surface area contributed by atoms with Crippen molar-refractivity contribution in [1.82, 2.24) is 10.3 Å². The molecule has 2 aliphatic rings. The van der Waals surface area contributed by atoms with Crippen molar-refractivity contribution in [3.8, 4) is 0 Å². The fourth-order valence-electron chi connectivity index (χ4n) is 6.27. The molecule has 1 saturated heterocycles. The van der Waals surface area contributed by atoms with Gasteiger partial charge >= 0.3 is 5.97 Å². The lowest BCUT2D eigenvalue weighted by Gasteiger charge is -2.46. The van der Waals surface area contributed by atoms with Gasteiger partial charge in [-0.1, -0.05) is 54.4 Å². The lowest BCUT2D eigenvalue weighted by atomic mass is 9.67. The summed E-state index contributed by atoms with van der Waals surface area (Å²) >= 11 is 12.6. The summed E-state index contributed by atoms with van der Waals surface area (Å²) in [6.45, 7) is 1.64. The Morgan fingerprint density at radius 3 is 2.35 bits per heavy atom. The number of aliphatic carboxylic acids is 1. The number of carbonyl (C=O) groups excluding carboxylic acids is 1. The fourth-order valence-corrected chi connectivity index (χ4v) is 9.02. The highest BCUT2D eigenvalue weighted by Crippen LogP contribution is 2.57. The number of hydrogen-bond donors (Lipinski definition) is 2. The maximum Gasteiger partial charge on any atom is 0.304 e. The van der Waals surface area contributed by atoms with Gasteiger partial charge in [0.05, 0.1) is 16.7 Å². The summed E-state index contributed by atoms with van der Waals surface area (Å²) in [5.41, 5.74) is 0.243. The topological polar surface area (TPSA) is 113 Å². The van der Waals surface area contributed by atoms with Gasteiger partial charge in [-0.2, -0.15) is 0 Å². The number of halogens is 2. The highest BCUT2D eigenvalue weighted by atomic mass is 35.5. The standard InChI is InChI=1S/C30H30Cl2N2O5S/c1-29(18-27(35)36)16-25(19-3-2-4-23(32)15-19)26(34-28(29)37)17-30(20-5-6-20,21-7-9-22(31)10-8-21)40(38,39)24-11-13-33-14-12-24/h2-4,7-15,20,25-26H,5-6,16-18H2,1H3,(H,34,37)(H,35,36)/t25-,26+,29+,30+/m1/s1. The number of piperidine rings is 1. The molecule has 7 nitrogen and oxygen atoms in total. The first kappa shape index (κ1) is 28.6. The molecule has 2 aromatic carbocycles. The van der Waals surface area contributed by atoms with Crippen LogP contribution in [0, 0.1) is 11.3 Å². The third kappa shape index (κ3) is 5.24. The van der Waals surface area contributed by atoms with Crippen LogP contribution in [0.3, 0.4) is 0 Å². The zero-order valence-electron chi connectivity index (χ0n) is 21.9.